The van der Waals surface area contributed by atoms with Crippen molar-refractivity contribution in [3.63, 3.8) is 0 Å². The summed E-state index contributed by atoms with van der Waals surface area (Å²) in [7, 11) is 5.51. The Bertz CT molecular complexity index is 374. The molecule has 0 saturated heterocycles. The summed E-state index contributed by atoms with van der Waals surface area (Å²) >= 11 is 0. The van der Waals surface area contributed by atoms with Gasteiger partial charge in [-0.25, -0.2) is 4.79 Å². The lowest BCUT2D eigenvalue weighted by atomic mass is 10.1. The van der Waals surface area contributed by atoms with Crippen LogP contribution < -0.4 is 5.32 Å². The van der Waals surface area contributed by atoms with Gasteiger partial charge in [-0.05, 0) is 38.7 Å². The van der Waals surface area contributed by atoms with E-state index in [2.05, 4.69) is 36.0 Å². The zero-order valence-corrected chi connectivity index (χ0v) is 11.6. The molecule has 0 bridgehead atoms. The Morgan fingerprint density at radius 1 is 1.33 bits per heavy atom. The highest BCUT2D eigenvalue weighted by atomic mass is 16.5. The number of rotatable bonds is 6. The Labute approximate surface area is 109 Å². The van der Waals surface area contributed by atoms with Crippen molar-refractivity contribution in [3.05, 3.63) is 35.4 Å². The molecule has 0 aliphatic rings. The molecule has 100 valence electrons. The third-order valence-corrected chi connectivity index (χ3v) is 2.67. The van der Waals surface area contributed by atoms with Crippen LogP contribution >= 0.6 is 0 Å². The quantitative estimate of drug-likeness (QED) is 0.777. The number of ether oxygens (including phenoxy) is 1. The van der Waals surface area contributed by atoms with Crippen molar-refractivity contribution in [2.24, 2.45) is 0 Å². The van der Waals surface area contributed by atoms with Gasteiger partial charge in [0.05, 0.1) is 12.7 Å². The molecule has 1 unspecified atom stereocenters. The zero-order chi connectivity index (χ0) is 13.5. The number of carbonyl (C=O) groups is 1. The van der Waals surface area contributed by atoms with Crippen molar-refractivity contribution >= 4 is 5.97 Å². The number of benzene rings is 1. The molecule has 1 N–H and O–H groups in total. The molecule has 4 heteroatoms. The summed E-state index contributed by atoms with van der Waals surface area (Å²) in [6.45, 7) is 3.96. The molecule has 0 spiro atoms. The molecule has 18 heavy (non-hydrogen) atoms. The Hall–Kier alpha value is -1.39. The topological polar surface area (TPSA) is 41.6 Å². The molecule has 0 fully saturated rings. The largest absolute Gasteiger partial charge is 0.465 e. The van der Waals surface area contributed by atoms with Crippen molar-refractivity contribution < 1.29 is 9.53 Å². The fourth-order valence-electron chi connectivity index (χ4n) is 1.78. The molecule has 0 aliphatic carbocycles. The number of likely N-dealkylation sites (N-methyl/N-ethyl adjacent to an activating group) is 1. The molecule has 1 aromatic rings. The number of hydrogen-bond donors (Lipinski definition) is 1. The molecule has 0 saturated carbocycles. The van der Waals surface area contributed by atoms with Crippen LogP contribution in [0.15, 0.2) is 24.3 Å². The summed E-state index contributed by atoms with van der Waals surface area (Å²) in [4.78, 5) is 13.4. The number of nitrogens with one attached hydrogen (secondary N) is 1. The number of nitrogens with zero attached hydrogens (tertiary/aromatic N) is 1. The van der Waals surface area contributed by atoms with Gasteiger partial charge in [0.15, 0.2) is 0 Å². The summed E-state index contributed by atoms with van der Waals surface area (Å²) in [5.41, 5.74) is 1.75. The normalized spacial score (nSPS) is 12.5. The van der Waals surface area contributed by atoms with Gasteiger partial charge in [0.1, 0.15) is 0 Å². The van der Waals surface area contributed by atoms with E-state index in [0.717, 1.165) is 18.7 Å². The Kier molecular flexibility index (Phi) is 5.82. The fraction of sp³-hybridized carbons (Fsp3) is 0.500. The van der Waals surface area contributed by atoms with Crippen molar-refractivity contribution in [2.75, 3.05) is 27.7 Å². The van der Waals surface area contributed by atoms with Crippen molar-refractivity contribution in [3.8, 4) is 0 Å². The first-order valence-corrected chi connectivity index (χ1v) is 6.08. The van der Waals surface area contributed by atoms with E-state index in [-0.39, 0.29) is 5.97 Å². The van der Waals surface area contributed by atoms with E-state index in [9.17, 15) is 4.79 Å². The maximum Gasteiger partial charge on any atom is 0.337 e. The van der Waals surface area contributed by atoms with Crippen molar-refractivity contribution in [1.29, 1.82) is 0 Å². The van der Waals surface area contributed by atoms with Crippen LogP contribution in [0.2, 0.25) is 0 Å². The molecule has 1 aromatic carbocycles. The SMILES string of the molecule is COC(=O)c1ccc(CNC(C)CN(C)C)cc1. The average molecular weight is 250 g/mol. The summed E-state index contributed by atoms with van der Waals surface area (Å²) in [6.07, 6.45) is 0. The Morgan fingerprint density at radius 2 is 1.94 bits per heavy atom. The van der Waals surface area contributed by atoms with Gasteiger partial charge < -0.3 is 15.0 Å². The van der Waals surface area contributed by atoms with Gasteiger partial charge in [0.2, 0.25) is 0 Å². The Balaban J connectivity index is 2.46. The number of esters is 1. The number of hydrogen-bond acceptors (Lipinski definition) is 4. The lowest BCUT2D eigenvalue weighted by Crippen LogP contribution is -2.35. The molecule has 4 nitrogen and oxygen atoms in total. The van der Waals surface area contributed by atoms with Crippen LogP contribution in [0, 0.1) is 0 Å². The standard InChI is InChI=1S/C14H22N2O2/c1-11(10-16(2)3)15-9-12-5-7-13(8-6-12)14(17)18-4/h5-8,11,15H,9-10H2,1-4H3. The lowest BCUT2D eigenvalue weighted by molar-refractivity contribution is 0.0600. The van der Waals surface area contributed by atoms with Crippen LogP contribution in [-0.2, 0) is 11.3 Å². The van der Waals surface area contributed by atoms with Gasteiger partial charge in [-0.2, -0.15) is 0 Å². The molecule has 0 aliphatic heterocycles. The van der Waals surface area contributed by atoms with Crippen LogP contribution in [0.3, 0.4) is 0 Å². The predicted molar refractivity (Wildman–Crippen MR) is 72.6 cm³/mol. The van der Waals surface area contributed by atoms with Crippen LogP contribution in [0.4, 0.5) is 0 Å². The first kappa shape index (κ1) is 14.7. The van der Waals surface area contributed by atoms with Gasteiger partial charge in [0, 0.05) is 19.1 Å². The summed E-state index contributed by atoms with van der Waals surface area (Å²) in [6, 6.07) is 7.91. The number of methoxy groups -OCH3 is 1. The van der Waals surface area contributed by atoms with E-state index in [1.807, 2.05) is 12.1 Å². The summed E-state index contributed by atoms with van der Waals surface area (Å²) in [5, 5.41) is 3.44. The third-order valence-electron chi connectivity index (χ3n) is 2.67. The van der Waals surface area contributed by atoms with Gasteiger partial charge in [0.25, 0.3) is 0 Å². The van der Waals surface area contributed by atoms with Gasteiger partial charge in [-0.3, -0.25) is 0 Å². The van der Waals surface area contributed by atoms with Gasteiger partial charge in [-0.15, -0.1) is 0 Å². The second kappa shape index (κ2) is 7.13. The molecule has 0 radical (unpaired) electrons. The molecular weight excluding hydrogens is 228 g/mol. The second-order valence-corrected chi connectivity index (χ2v) is 4.73. The highest BCUT2D eigenvalue weighted by molar-refractivity contribution is 5.89. The van der Waals surface area contributed by atoms with Crippen molar-refractivity contribution in [2.45, 2.75) is 19.5 Å². The summed E-state index contributed by atoms with van der Waals surface area (Å²) < 4.78 is 4.66. The molecule has 0 heterocycles. The van der Waals surface area contributed by atoms with Gasteiger partial charge >= 0.3 is 5.97 Å². The lowest BCUT2D eigenvalue weighted by Gasteiger charge is -2.18. The highest BCUT2D eigenvalue weighted by Crippen LogP contribution is 2.05. The molecule has 1 rings (SSSR count). The third kappa shape index (κ3) is 4.85. The molecule has 0 aromatic heterocycles. The smallest absolute Gasteiger partial charge is 0.337 e. The van der Waals surface area contributed by atoms with E-state index in [0.29, 0.717) is 11.6 Å². The van der Waals surface area contributed by atoms with E-state index in [1.165, 1.54) is 7.11 Å². The Morgan fingerprint density at radius 3 is 2.44 bits per heavy atom. The highest BCUT2D eigenvalue weighted by Gasteiger charge is 2.05. The van der Waals surface area contributed by atoms with E-state index in [4.69, 9.17) is 0 Å². The van der Waals surface area contributed by atoms with Gasteiger partial charge in [-0.1, -0.05) is 12.1 Å². The van der Waals surface area contributed by atoms with Crippen LogP contribution in [0.5, 0.6) is 0 Å². The second-order valence-electron chi connectivity index (χ2n) is 4.73. The minimum atomic E-state index is -0.296. The van der Waals surface area contributed by atoms with Crippen LogP contribution in [-0.4, -0.2) is 44.7 Å². The fourth-order valence-corrected chi connectivity index (χ4v) is 1.78. The molecular formula is C14H22N2O2. The summed E-state index contributed by atoms with van der Waals surface area (Å²) in [5.74, 6) is -0.296. The zero-order valence-electron chi connectivity index (χ0n) is 11.6. The van der Waals surface area contributed by atoms with E-state index < -0.39 is 0 Å². The minimum absolute atomic E-state index is 0.296. The van der Waals surface area contributed by atoms with E-state index in [1.54, 1.807) is 12.1 Å². The minimum Gasteiger partial charge on any atom is -0.465 e. The average Bonchev–Trinajstić information content (AvgIpc) is 2.35. The maximum atomic E-state index is 11.3. The predicted octanol–water partition coefficient (Wildman–Crippen LogP) is 1.51. The first-order valence-electron chi connectivity index (χ1n) is 6.08. The van der Waals surface area contributed by atoms with E-state index >= 15 is 0 Å². The number of carbonyl (C=O) groups excluding carboxylic acids is 1. The first-order chi connectivity index (χ1) is 8.52. The monoisotopic (exact) mass is 250 g/mol. The molecule has 1 atom stereocenters. The maximum absolute atomic E-state index is 11.3. The van der Waals surface area contributed by atoms with Crippen LogP contribution in [0.25, 0.3) is 0 Å². The van der Waals surface area contributed by atoms with Crippen molar-refractivity contribution in [1.82, 2.24) is 10.2 Å². The van der Waals surface area contributed by atoms with Crippen LogP contribution in [0.1, 0.15) is 22.8 Å². The molecule has 0 amide bonds.